The smallest absolute Gasteiger partial charge is 0.255 e. The summed E-state index contributed by atoms with van der Waals surface area (Å²) >= 11 is 6.01. The van der Waals surface area contributed by atoms with E-state index in [1.54, 1.807) is 23.1 Å². The van der Waals surface area contributed by atoms with E-state index in [0.29, 0.717) is 49.0 Å². The van der Waals surface area contributed by atoms with Gasteiger partial charge in [0.1, 0.15) is 0 Å². The molecule has 2 saturated heterocycles. The molecule has 3 heterocycles. The Morgan fingerprint density at radius 1 is 1.19 bits per heavy atom. The summed E-state index contributed by atoms with van der Waals surface area (Å²) in [7, 11) is -3.54. The lowest BCUT2D eigenvalue weighted by Crippen LogP contribution is -2.50. The van der Waals surface area contributed by atoms with E-state index in [1.165, 1.54) is 18.3 Å². The lowest BCUT2D eigenvalue weighted by Gasteiger charge is -2.35. The Hall–Kier alpha value is -3.18. The quantitative estimate of drug-likeness (QED) is 0.580. The largest absolute Gasteiger partial charge is 0.355 e. The Morgan fingerprint density at radius 3 is 2.61 bits per heavy atom. The van der Waals surface area contributed by atoms with Crippen molar-refractivity contribution in [2.45, 2.75) is 24.2 Å². The fraction of sp³-hybridized carbons (Fsp3) is 0.417. The van der Waals surface area contributed by atoms with Crippen molar-refractivity contribution < 1.29 is 22.8 Å². The van der Waals surface area contributed by atoms with Gasteiger partial charge in [-0.25, -0.2) is 13.4 Å². The molecule has 2 N–H and O–H groups in total. The molecular weight excluding hydrogens is 506 g/mol. The maximum Gasteiger partial charge on any atom is 0.255 e. The van der Waals surface area contributed by atoms with Crippen molar-refractivity contribution in [1.82, 2.24) is 15.2 Å². The molecule has 0 bridgehead atoms. The number of hydrogen-bond acceptors (Lipinski definition) is 7. The van der Waals surface area contributed by atoms with Crippen LogP contribution in [0.2, 0.25) is 5.02 Å². The topological polar surface area (TPSA) is 129 Å². The number of nitrogens with one attached hydrogen (secondary N) is 2. The average molecular weight is 534 g/mol. The summed E-state index contributed by atoms with van der Waals surface area (Å²) in [5, 5.41) is 5.92. The SMILES string of the molecule is CS(=O)(=O)c1cnc(N2CCC(CC(=O)N3CCNC(=O)C3)CC2)c(NC(=O)c2cccc(Cl)c2)c1. The summed E-state index contributed by atoms with van der Waals surface area (Å²) in [6.07, 6.45) is 4.20. The molecule has 1 aromatic heterocycles. The molecule has 0 radical (unpaired) electrons. The standard InChI is InChI=1S/C24H28ClN5O5S/c1-36(34,35)19-13-20(28-24(33)17-3-2-4-18(25)12-17)23(27-14-19)29-8-5-16(6-9-29)11-22(32)30-10-7-26-21(31)15-30/h2-4,12-14,16H,5-11,15H2,1H3,(H,26,31)(H,28,33). The second kappa shape index (κ2) is 10.8. The molecule has 0 saturated carbocycles. The third-order valence-corrected chi connectivity index (χ3v) is 7.69. The normalized spacial score (nSPS) is 17.0. The number of hydrogen-bond donors (Lipinski definition) is 2. The predicted octanol–water partition coefficient (Wildman–Crippen LogP) is 1.96. The average Bonchev–Trinajstić information content (AvgIpc) is 2.84. The molecule has 10 nitrogen and oxygen atoms in total. The number of piperidine rings is 1. The number of amides is 3. The molecule has 4 rings (SSSR count). The zero-order valence-corrected chi connectivity index (χ0v) is 21.4. The van der Waals surface area contributed by atoms with Crippen molar-refractivity contribution in [2.24, 2.45) is 5.92 Å². The molecule has 36 heavy (non-hydrogen) atoms. The second-order valence-electron chi connectivity index (χ2n) is 9.08. The number of anilines is 2. The van der Waals surface area contributed by atoms with E-state index in [1.807, 2.05) is 4.90 Å². The first-order valence-corrected chi connectivity index (χ1v) is 13.9. The zero-order chi connectivity index (χ0) is 25.9. The Balaban J connectivity index is 1.47. The van der Waals surface area contributed by atoms with Gasteiger partial charge in [-0.3, -0.25) is 14.4 Å². The molecule has 192 valence electrons. The summed E-state index contributed by atoms with van der Waals surface area (Å²) in [6, 6.07) is 7.87. The first-order valence-electron chi connectivity index (χ1n) is 11.7. The zero-order valence-electron chi connectivity index (χ0n) is 19.9. The van der Waals surface area contributed by atoms with Crippen molar-refractivity contribution in [3.63, 3.8) is 0 Å². The van der Waals surface area contributed by atoms with Gasteiger partial charge in [-0.15, -0.1) is 0 Å². The van der Waals surface area contributed by atoms with Crippen LogP contribution in [0.4, 0.5) is 11.5 Å². The third kappa shape index (κ3) is 6.33. The van der Waals surface area contributed by atoms with Gasteiger partial charge in [0.15, 0.2) is 15.7 Å². The molecular formula is C24H28ClN5O5S. The van der Waals surface area contributed by atoms with E-state index in [0.717, 1.165) is 19.1 Å². The van der Waals surface area contributed by atoms with Crippen molar-refractivity contribution in [1.29, 1.82) is 0 Å². The second-order valence-corrected chi connectivity index (χ2v) is 11.5. The summed E-state index contributed by atoms with van der Waals surface area (Å²) in [4.78, 5) is 45.1. The monoisotopic (exact) mass is 533 g/mol. The first kappa shape index (κ1) is 25.9. The molecule has 0 aliphatic carbocycles. The van der Waals surface area contributed by atoms with Gasteiger partial charge in [-0.2, -0.15) is 0 Å². The van der Waals surface area contributed by atoms with Crippen LogP contribution in [0.15, 0.2) is 41.4 Å². The fourth-order valence-electron chi connectivity index (χ4n) is 4.39. The summed E-state index contributed by atoms with van der Waals surface area (Å²) in [5.74, 6) is 0.0415. The molecule has 0 spiro atoms. The minimum atomic E-state index is -3.54. The molecule has 2 aliphatic heterocycles. The van der Waals surface area contributed by atoms with Gasteiger partial charge in [-0.1, -0.05) is 17.7 Å². The molecule has 2 fully saturated rings. The number of pyridine rings is 1. The number of aromatic nitrogens is 1. The van der Waals surface area contributed by atoms with Crippen molar-refractivity contribution >= 4 is 50.7 Å². The van der Waals surface area contributed by atoms with Crippen molar-refractivity contribution in [3.8, 4) is 0 Å². The number of rotatable bonds is 6. The molecule has 3 amide bonds. The van der Waals surface area contributed by atoms with Crippen LogP contribution in [0.25, 0.3) is 0 Å². The lowest BCUT2D eigenvalue weighted by atomic mass is 9.92. The molecule has 1 aromatic carbocycles. The number of nitrogens with zero attached hydrogens (tertiary/aromatic N) is 3. The molecule has 12 heteroatoms. The number of piperazine rings is 1. The maximum absolute atomic E-state index is 12.9. The Labute approximate surface area is 214 Å². The van der Waals surface area contributed by atoms with Crippen LogP contribution in [-0.4, -0.2) is 75.0 Å². The van der Waals surface area contributed by atoms with Crippen LogP contribution in [0, 0.1) is 5.92 Å². The van der Waals surface area contributed by atoms with E-state index in [-0.39, 0.29) is 34.9 Å². The number of halogens is 1. The van der Waals surface area contributed by atoms with Crippen LogP contribution in [0.5, 0.6) is 0 Å². The summed E-state index contributed by atoms with van der Waals surface area (Å²) in [5.41, 5.74) is 0.624. The van der Waals surface area contributed by atoms with E-state index in [2.05, 4.69) is 15.6 Å². The molecule has 0 atom stereocenters. The van der Waals surface area contributed by atoms with Gasteiger partial charge >= 0.3 is 0 Å². The minimum absolute atomic E-state index is 0.00121. The van der Waals surface area contributed by atoms with Crippen LogP contribution >= 0.6 is 11.6 Å². The van der Waals surface area contributed by atoms with Crippen LogP contribution < -0.4 is 15.5 Å². The van der Waals surface area contributed by atoms with Gasteiger partial charge < -0.3 is 20.4 Å². The van der Waals surface area contributed by atoms with Crippen LogP contribution in [0.3, 0.4) is 0 Å². The Morgan fingerprint density at radius 2 is 1.94 bits per heavy atom. The summed E-state index contributed by atoms with van der Waals surface area (Å²) in [6.45, 7) is 2.27. The first-order chi connectivity index (χ1) is 17.1. The number of benzene rings is 1. The highest BCUT2D eigenvalue weighted by Crippen LogP contribution is 2.31. The number of carbonyl (C=O) groups excluding carboxylic acids is 3. The molecule has 2 aliphatic rings. The van der Waals surface area contributed by atoms with Crippen molar-refractivity contribution in [3.05, 3.63) is 47.1 Å². The van der Waals surface area contributed by atoms with Gasteiger partial charge in [0.05, 0.1) is 17.1 Å². The van der Waals surface area contributed by atoms with Gasteiger partial charge in [0, 0.05) is 55.6 Å². The third-order valence-electron chi connectivity index (χ3n) is 6.37. The molecule has 0 unspecified atom stereocenters. The van der Waals surface area contributed by atoms with Gasteiger partial charge in [0.25, 0.3) is 5.91 Å². The number of carbonyl (C=O) groups is 3. The number of sulfone groups is 1. The fourth-order valence-corrected chi connectivity index (χ4v) is 5.15. The van der Waals surface area contributed by atoms with Crippen LogP contribution in [0.1, 0.15) is 29.6 Å². The Bertz CT molecular complexity index is 1280. The maximum atomic E-state index is 12.9. The van der Waals surface area contributed by atoms with E-state index in [9.17, 15) is 22.8 Å². The van der Waals surface area contributed by atoms with E-state index < -0.39 is 15.7 Å². The minimum Gasteiger partial charge on any atom is -0.355 e. The Kier molecular flexibility index (Phi) is 7.79. The van der Waals surface area contributed by atoms with Gasteiger partial charge in [-0.05, 0) is 43.0 Å². The predicted molar refractivity (Wildman–Crippen MR) is 136 cm³/mol. The van der Waals surface area contributed by atoms with Crippen molar-refractivity contribution in [2.75, 3.05) is 49.2 Å². The van der Waals surface area contributed by atoms with E-state index >= 15 is 0 Å². The highest BCUT2D eigenvalue weighted by Gasteiger charge is 2.28. The molecule has 2 aromatic rings. The lowest BCUT2D eigenvalue weighted by molar-refractivity contribution is -0.139. The highest BCUT2D eigenvalue weighted by atomic mass is 35.5. The van der Waals surface area contributed by atoms with Crippen LogP contribution in [-0.2, 0) is 19.4 Å². The summed E-state index contributed by atoms with van der Waals surface area (Å²) < 4.78 is 24.2. The highest BCUT2D eigenvalue weighted by molar-refractivity contribution is 7.90. The van der Waals surface area contributed by atoms with E-state index in [4.69, 9.17) is 11.6 Å². The van der Waals surface area contributed by atoms with Gasteiger partial charge in [0.2, 0.25) is 11.8 Å².